The first-order valence-corrected chi connectivity index (χ1v) is 14.7. The number of amides is 1. The third-order valence-corrected chi connectivity index (χ3v) is 8.95. The lowest BCUT2D eigenvalue weighted by Crippen LogP contribution is -2.38. The van der Waals surface area contributed by atoms with Crippen molar-refractivity contribution in [3.05, 3.63) is 75.7 Å². The van der Waals surface area contributed by atoms with Gasteiger partial charge in [0.25, 0.3) is 0 Å². The fraction of sp³-hybridized carbons (Fsp3) is 0.250. The molecule has 0 radical (unpaired) electrons. The number of benzene rings is 2. The van der Waals surface area contributed by atoms with Gasteiger partial charge in [0.05, 0.1) is 37.5 Å². The average molecular weight is 609 g/mol. The van der Waals surface area contributed by atoms with Crippen LogP contribution in [0.2, 0.25) is 5.02 Å². The molecule has 1 aromatic heterocycles. The molecule has 210 valence electrons. The van der Waals surface area contributed by atoms with Crippen LogP contribution in [0.25, 0.3) is 0 Å². The smallest absolute Gasteiger partial charge is 0.234 e. The summed E-state index contributed by atoms with van der Waals surface area (Å²) in [6.07, 6.45) is 1.63. The van der Waals surface area contributed by atoms with Crippen LogP contribution in [-0.2, 0) is 9.59 Å². The Morgan fingerprint density at radius 2 is 2.02 bits per heavy atom. The van der Waals surface area contributed by atoms with Crippen LogP contribution in [0.5, 0.6) is 11.5 Å². The van der Waals surface area contributed by atoms with E-state index >= 15 is 0 Å². The number of anilines is 2. The van der Waals surface area contributed by atoms with Crippen LogP contribution in [0.3, 0.4) is 0 Å². The summed E-state index contributed by atoms with van der Waals surface area (Å²) in [5.41, 5.74) is 9.39. The maximum atomic E-state index is 13.3. The van der Waals surface area contributed by atoms with Crippen LogP contribution in [0.4, 0.5) is 10.8 Å². The van der Waals surface area contributed by atoms with Gasteiger partial charge in [-0.1, -0.05) is 46.8 Å². The highest BCUT2D eigenvalue weighted by Gasteiger charge is 2.41. The third kappa shape index (κ3) is 5.74. The number of nitrogens with one attached hydrogen (secondary N) is 1. The Morgan fingerprint density at radius 3 is 2.76 bits per heavy atom. The van der Waals surface area contributed by atoms with Gasteiger partial charge in [0.15, 0.2) is 21.6 Å². The van der Waals surface area contributed by atoms with Gasteiger partial charge in [-0.3, -0.25) is 14.5 Å². The molecule has 0 spiro atoms. The molecule has 3 N–H and O–H groups in total. The summed E-state index contributed by atoms with van der Waals surface area (Å²) in [4.78, 5) is 27.6. The number of aromatic nitrogens is 2. The SMILES string of the molecule is COc1ccc(NC(=O)CSc2nnc(N3C(N)=C(C#N)C(c4cccc(Cl)c4)C4=C3CCCC4=O)s2)cc1OC. The van der Waals surface area contributed by atoms with E-state index in [4.69, 9.17) is 26.8 Å². The van der Waals surface area contributed by atoms with E-state index < -0.39 is 5.92 Å². The fourth-order valence-electron chi connectivity index (χ4n) is 4.91. The van der Waals surface area contributed by atoms with Gasteiger partial charge >= 0.3 is 0 Å². The monoisotopic (exact) mass is 608 g/mol. The van der Waals surface area contributed by atoms with Gasteiger partial charge < -0.3 is 20.5 Å². The first kappa shape index (κ1) is 28.5. The van der Waals surface area contributed by atoms with Gasteiger partial charge in [-0.25, -0.2) is 0 Å². The zero-order valence-corrected chi connectivity index (χ0v) is 24.5. The second kappa shape index (κ2) is 12.2. The minimum Gasteiger partial charge on any atom is -0.493 e. The summed E-state index contributed by atoms with van der Waals surface area (Å²) >= 11 is 8.70. The van der Waals surface area contributed by atoms with Crippen molar-refractivity contribution < 1.29 is 19.1 Å². The summed E-state index contributed by atoms with van der Waals surface area (Å²) in [5, 5.41) is 22.5. The lowest BCUT2D eigenvalue weighted by molar-refractivity contribution is -0.116. The van der Waals surface area contributed by atoms with Crippen molar-refractivity contribution in [3.8, 4) is 17.6 Å². The van der Waals surface area contributed by atoms with E-state index in [1.54, 1.807) is 48.4 Å². The number of hydrogen-bond donors (Lipinski definition) is 2. The Bertz CT molecular complexity index is 1630. The van der Waals surface area contributed by atoms with Gasteiger partial charge in [-0.15, -0.1) is 10.2 Å². The molecule has 1 unspecified atom stereocenters. The molecular weight excluding hydrogens is 584 g/mol. The minimum absolute atomic E-state index is 0.0348. The van der Waals surface area contributed by atoms with Gasteiger partial charge in [0.2, 0.25) is 11.0 Å². The Kier molecular flexibility index (Phi) is 8.49. The molecule has 2 heterocycles. The molecule has 41 heavy (non-hydrogen) atoms. The number of ether oxygens (including phenoxy) is 2. The van der Waals surface area contributed by atoms with Crippen molar-refractivity contribution in [3.63, 3.8) is 0 Å². The molecule has 0 saturated carbocycles. The number of nitrogens with zero attached hydrogens (tertiary/aromatic N) is 4. The number of rotatable bonds is 8. The highest BCUT2D eigenvalue weighted by Crippen LogP contribution is 2.47. The number of nitrogens with two attached hydrogens (primary N) is 1. The molecule has 1 aliphatic carbocycles. The second-order valence-corrected chi connectivity index (χ2v) is 11.7. The first-order chi connectivity index (χ1) is 19.8. The summed E-state index contributed by atoms with van der Waals surface area (Å²) in [6, 6.07) is 14.5. The predicted molar refractivity (Wildman–Crippen MR) is 158 cm³/mol. The highest BCUT2D eigenvalue weighted by atomic mass is 35.5. The van der Waals surface area contributed by atoms with Crippen molar-refractivity contribution in [1.29, 1.82) is 5.26 Å². The molecule has 0 bridgehead atoms. The Balaban J connectivity index is 1.38. The lowest BCUT2D eigenvalue weighted by Gasteiger charge is -2.38. The molecule has 1 amide bonds. The number of hydrogen-bond acceptors (Lipinski definition) is 11. The molecule has 0 fully saturated rings. The standard InChI is InChI=1S/C28H25ClN6O4S2/c1-38-21-10-9-17(12-22(21)39-2)32-23(37)14-40-28-34-33-27(41-28)35-19-7-4-8-20(36)25(19)24(18(13-30)26(35)31)15-5-3-6-16(29)11-15/h3,5-6,9-12,24H,4,7-8,14,31H2,1-2H3,(H,32,37). The summed E-state index contributed by atoms with van der Waals surface area (Å²) < 4.78 is 11.1. The Hall–Kier alpha value is -4.05. The van der Waals surface area contributed by atoms with E-state index in [1.165, 1.54) is 30.2 Å². The van der Waals surface area contributed by atoms with E-state index in [-0.39, 0.29) is 28.8 Å². The van der Waals surface area contributed by atoms with Gasteiger partial charge in [0, 0.05) is 34.5 Å². The van der Waals surface area contributed by atoms with Gasteiger partial charge in [-0.05, 0) is 42.7 Å². The summed E-state index contributed by atoms with van der Waals surface area (Å²) in [6.45, 7) is 0. The molecule has 5 rings (SSSR count). The lowest BCUT2D eigenvalue weighted by atomic mass is 9.76. The highest BCUT2D eigenvalue weighted by molar-refractivity contribution is 8.01. The van der Waals surface area contributed by atoms with Crippen molar-refractivity contribution in [1.82, 2.24) is 10.2 Å². The van der Waals surface area contributed by atoms with Crippen LogP contribution in [0.1, 0.15) is 30.7 Å². The van der Waals surface area contributed by atoms with E-state index in [1.807, 2.05) is 6.07 Å². The van der Waals surface area contributed by atoms with Crippen molar-refractivity contribution in [2.45, 2.75) is 29.5 Å². The van der Waals surface area contributed by atoms with Gasteiger partial charge in [-0.2, -0.15) is 5.26 Å². The second-order valence-electron chi connectivity index (χ2n) is 9.13. The number of allylic oxidation sites excluding steroid dienone is 3. The number of carbonyl (C=O) groups is 2. The largest absolute Gasteiger partial charge is 0.493 e. The van der Waals surface area contributed by atoms with Crippen LogP contribution >= 0.6 is 34.7 Å². The molecule has 1 aliphatic heterocycles. The number of carbonyl (C=O) groups excluding carboxylic acids is 2. The first-order valence-electron chi connectivity index (χ1n) is 12.5. The van der Waals surface area contributed by atoms with Crippen molar-refractivity contribution in [2.24, 2.45) is 5.73 Å². The van der Waals surface area contributed by atoms with E-state index in [0.717, 1.165) is 5.56 Å². The molecule has 2 aliphatic rings. The minimum atomic E-state index is -0.611. The van der Waals surface area contributed by atoms with Crippen molar-refractivity contribution in [2.75, 3.05) is 30.2 Å². The molecule has 13 heteroatoms. The number of ketones is 1. The Labute approximate surface area is 249 Å². The quantitative estimate of drug-likeness (QED) is 0.326. The predicted octanol–water partition coefficient (Wildman–Crippen LogP) is 5.24. The zero-order chi connectivity index (χ0) is 29.1. The van der Waals surface area contributed by atoms with Crippen LogP contribution in [0, 0.1) is 11.3 Å². The fourth-order valence-corrected chi connectivity index (χ4v) is 6.79. The van der Waals surface area contributed by atoms with Crippen LogP contribution in [0.15, 0.2) is 69.5 Å². The van der Waals surface area contributed by atoms with Gasteiger partial charge in [0.1, 0.15) is 5.82 Å². The van der Waals surface area contributed by atoms with E-state index in [2.05, 4.69) is 21.6 Å². The summed E-state index contributed by atoms with van der Waals surface area (Å²) in [7, 11) is 3.06. The molecular formula is C28H25ClN6O4S2. The Morgan fingerprint density at radius 1 is 1.22 bits per heavy atom. The number of thioether (sulfide) groups is 1. The molecule has 3 aromatic rings. The number of halogens is 1. The zero-order valence-electron chi connectivity index (χ0n) is 22.1. The maximum Gasteiger partial charge on any atom is 0.234 e. The summed E-state index contributed by atoms with van der Waals surface area (Å²) in [5.74, 6) is 0.459. The molecule has 10 nitrogen and oxygen atoms in total. The molecule has 2 aromatic carbocycles. The third-order valence-electron chi connectivity index (χ3n) is 6.68. The van der Waals surface area contributed by atoms with Crippen LogP contribution in [-0.4, -0.2) is 41.9 Å². The van der Waals surface area contributed by atoms with Crippen molar-refractivity contribution >= 4 is 57.2 Å². The normalized spacial score (nSPS) is 16.8. The number of methoxy groups -OCH3 is 2. The average Bonchev–Trinajstić information content (AvgIpc) is 3.44. The van der Waals surface area contributed by atoms with E-state index in [9.17, 15) is 14.9 Å². The number of Topliss-reactive ketones (excluding diaryl/α,β-unsaturated/α-hetero) is 1. The maximum absolute atomic E-state index is 13.3. The topological polar surface area (TPSA) is 143 Å². The van der Waals surface area contributed by atoms with E-state index in [0.29, 0.717) is 62.2 Å². The van der Waals surface area contributed by atoms with Crippen LogP contribution < -0.4 is 25.4 Å². The molecule has 1 atom stereocenters. The number of nitriles is 1. The molecule has 0 saturated heterocycles.